The summed E-state index contributed by atoms with van der Waals surface area (Å²) in [4.78, 5) is 2.08. The second-order valence-corrected chi connectivity index (χ2v) is 11.1. The van der Waals surface area contributed by atoms with E-state index in [-0.39, 0.29) is 30.4 Å². The highest BCUT2D eigenvalue weighted by Crippen LogP contribution is 2.48. The van der Waals surface area contributed by atoms with E-state index in [2.05, 4.69) is 13.8 Å². The van der Waals surface area contributed by atoms with Crippen LogP contribution in [0.25, 0.3) is 0 Å². The van der Waals surface area contributed by atoms with Crippen molar-refractivity contribution in [2.45, 2.75) is 36.7 Å². The molecule has 0 amide bonds. The van der Waals surface area contributed by atoms with Gasteiger partial charge >= 0.3 is 6.36 Å². The Morgan fingerprint density at radius 1 is 1.05 bits per heavy atom. The van der Waals surface area contributed by atoms with Crippen molar-refractivity contribution in [3.63, 3.8) is 0 Å². The molecule has 3 aromatic carbocycles. The van der Waals surface area contributed by atoms with Gasteiger partial charge in [0.15, 0.2) is 21.4 Å². The fourth-order valence-electron chi connectivity index (χ4n) is 4.54. The molecule has 0 aromatic heterocycles. The van der Waals surface area contributed by atoms with Crippen molar-refractivity contribution in [3.8, 4) is 17.2 Å². The number of nitrogens with one attached hydrogen (secondary N) is 1. The molecule has 2 N–H and O–H groups in total. The minimum absolute atomic E-state index is 0.130. The van der Waals surface area contributed by atoms with Crippen LogP contribution in [0.1, 0.15) is 13.3 Å². The molecule has 2 aliphatic heterocycles. The zero-order valence-corrected chi connectivity index (χ0v) is 22.3. The summed E-state index contributed by atoms with van der Waals surface area (Å²) in [5.41, 5.74) is 1.68. The van der Waals surface area contributed by atoms with Crippen molar-refractivity contribution < 1.29 is 36.7 Å². The first-order chi connectivity index (χ1) is 19.2. The SMILES string of the molecule is CCCN=S(=O)(NC1=CCOC[C@H](N2c3ccccc3Oc3ccccc32)[C@H]1O)c1ccc(OC(F)(F)F)cc1. The molecule has 5 rings (SSSR count). The number of nitrogens with zero attached hydrogens (tertiary/aromatic N) is 2. The monoisotopic (exact) mass is 575 g/mol. The van der Waals surface area contributed by atoms with Gasteiger partial charge < -0.3 is 24.2 Å². The van der Waals surface area contributed by atoms with Crippen molar-refractivity contribution in [2.24, 2.45) is 4.36 Å². The average Bonchev–Trinajstić information content (AvgIpc) is 3.11. The molecule has 0 aliphatic carbocycles. The number of hydrogen-bond acceptors (Lipinski definition) is 7. The number of hydrogen-bond donors (Lipinski definition) is 2. The Balaban J connectivity index is 1.49. The maximum atomic E-state index is 14.2. The first-order valence-electron chi connectivity index (χ1n) is 12.7. The van der Waals surface area contributed by atoms with Crippen molar-refractivity contribution in [3.05, 3.63) is 84.6 Å². The summed E-state index contributed by atoms with van der Waals surface area (Å²) >= 11 is 0. The first-order valence-corrected chi connectivity index (χ1v) is 14.2. The second kappa shape index (κ2) is 11.4. The van der Waals surface area contributed by atoms with E-state index >= 15 is 0 Å². The fraction of sp³-hybridized carbons (Fsp3) is 0.286. The number of ether oxygens (including phenoxy) is 3. The van der Waals surface area contributed by atoms with Gasteiger partial charge in [-0.15, -0.1) is 13.2 Å². The maximum Gasteiger partial charge on any atom is 0.573 e. The van der Waals surface area contributed by atoms with Gasteiger partial charge in [0, 0.05) is 0 Å². The van der Waals surface area contributed by atoms with Gasteiger partial charge in [-0.05, 0) is 61.0 Å². The normalized spacial score (nSPS) is 20.1. The van der Waals surface area contributed by atoms with Gasteiger partial charge in [0.1, 0.15) is 11.9 Å². The minimum Gasteiger partial charge on any atom is -0.453 e. The quantitative estimate of drug-likeness (QED) is 0.364. The lowest BCUT2D eigenvalue weighted by atomic mass is 10.0. The van der Waals surface area contributed by atoms with Gasteiger partial charge in [-0.3, -0.25) is 4.72 Å². The minimum atomic E-state index is -4.85. The van der Waals surface area contributed by atoms with Crippen molar-refractivity contribution >= 4 is 21.3 Å². The number of halogens is 3. The van der Waals surface area contributed by atoms with Crippen LogP contribution in [-0.2, 0) is 14.7 Å². The fourth-order valence-corrected chi connectivity index (χ4v) is 6.34. The van der Waals surface area contributed by atoms with E-state index in [0.29, 0.717) is 17.9 Å². The van der Waals surface area contributed by atoms with Crippen LogP contribution in [0.3, 0.4) is 0 Å². The molecular weight excluding hydrogens is 547 g/mol. The lowest BCUT2D eigenvalue weighted by Crippen LogP contribution is -2.48. The van der Waals surface area contributed by atoms with E-state index in [0.717, 1.165) is 23.5 Å². The molecule has 2 aliphatic rings. The van der Waals surface area contributed by atoms with E-state index in [1.807, 2.05) is 60.4 Å². The Morgan fingerprint density at radius 2 is 1.68 bits per heavy atom. The first kappa shape index (κ1) is 27.8. The standard InChI is InChI=1S/C28H28F3N3O5S/c1-2-16-32-40(36,20-13-11-19(12-14-20)39-28(29,30)31)33-21-15-17-37-18-24(27(21)35)34-22-7-3-5-9-25(22)38-26-10-6-4-8-23(26)34/h3-15,24,27,35H,2,16-18H2,1H3,(H,32,33,36)/t24-,27-,40?/m0/s1. The maximum absolute atomic E-state index is 14.2. The summed E-state index contributed by atoms with van der Waals surface area (Å²) in [6.45, 7) is 2.36. The van der Waals surface area contributed by atoms with E-state index in [9.17, 15) is 22.5 Å². The number of alkyl halides is 3. The molecule has 0 saturated carbocycles. The van der Waals surface area contributed by atoms with Crippen molar-refractivity contribution in [2.75, 3.05) is 24.7 Å². The van der Waals surface area contributed by atoms with Crippen molar-refractivity contribution in [1.29, 1.82) is 0 Å². The summed E-state index contributed by atoms with van der Waals surface area (Å²) in [6, 6.07) is 18.9. The van der Waals surface area contributed by atoms with Gasteiger partial charge in [0.2, 0.25) is 0 Å². The highest BCUT2D eigenvalue weighted by atomic mass is 32.2. The van der Waals surface area contributed by atoms with Gasteiger partial charge in [-0.25, -0.2) is 8.57 Å². The number of aliphatic hydroxyl groups is 1. The second-order valence-electron chi connectivity index (χ2n) is 9.12. The Bertz CT molecular complexity index is 1460. The van der Waals surface area contributed by atoms with Gasteiger partial charge in [0.25, 0.3) is 0 Å². The molecular formula is C28H28F3N3O5S. The van der Waals surface area contributed by atoms with Crippen molar-refractivity contribution in [1.82, 2.24) is 4.72 Å². The zero-order valence-electron chi connectivity index (χ0n) is 21.5. The lowest BCUT2D eigenvalue weighted by molar-refractivity contribution is -0.274. The molecule has 3 aromatic rings. The third-order valence-electron chi connectivity index (χ3n) is 6.32. The zero-order chi connectivity index (χ0) is 28.3. The Hall–Kier alpha value is -3.74. The molecule has 1 unspecified atom stereocenters. The van der Waals surface area contributed by atoms with E-state index in [1.54, 1.807) is 6.08 Å². The molecule has 0 bridgehead atoms. The highest BCUT2D eigenvalue weighted by Gasteiger charge is 2.37. The van der Waals surface area contributed by atoms with Crippen LogP contribution in [0, 0.1) is 0 Å². The summed E-state index contributed by atoms with van der Waals surface area (Å²) < 4.78 is 75.2. The molecule has 0 saturated heterocycles. The van der Waals surface area contributed by atoms with Crippen LogP contribution >= 0.6 is 0 Å². The molecule has 40 heavy (non-hydrogen) atoms. The third kappa shape index (κ3) is 5.88. The predicted octanol–water partition coefficient (Wildman–Crippen LogP) is 5.91. The van der Waals surface area contributed by atoms with E-state index in [4.69, 9.17) is 9.47 Å². The van der Waals surface area contributed by atoms with E-state index in [1.165, 1.54) is 12.1 Å². The van der Waals surface area contributed by atoms with Crippen LogP contribution < -0.4 is 19.1 Å². The Labute approximate surface area is 230 Å². The summed E-state index contributed by atoms with van der Waals surface area (Å²) in [5.74, 6) is 0.776. The summed E-state index contributed by atoms with van der Waals surface area (Å²) in [6.07, 6.45) is -3.87. The van der Waals surface area contributed by atoms with Crippen LogP contribution in [0.4, 0.5) is 24.5 Å². The number of aliphatic hydroxyl groups excluding tert-OH is 1. The largest absolute Gasteiger partial charge is 0.573 e. The third-order valence-corrected chi connectivity index (χ3v) is 8.29. The molecule has 212 valence electrons. The number of fused-ring (bicyclic) bond motifs is 2. The number of anilines is 2. The average molecular weight is 576 g/mol. The number of rotatable bonds is 7. The molecule has 0 spiro atoms. The molecule has 2 heterocycles. The van der Waals surface area contributed by atoms with Crippen LogP contribution in [-0.4, -0.2) is 47.6 Å². The van der Waals surface area contributed by atoms with Crippen LogP contribution in [0.5, 0.6) is 17.2 Å². The van der Waals surface area contributed by atoms with Gasteiger partial charge in [0.05, 0.1) is 47.8 Å². The predicted molar refractivity (Wildman–Crippen MR) is 144 cm³/mol. The smallest absolute Gasteiger partial charge is 0.453 e. The summed E-state index contributed by atoms with van der Waals surface area (Å²) in [5, 5.41) is 11.7. The Morgan fingerprint density at radius 3 is 2.27 bits per heavy atom. The van der Waals surface area contributed by atoms with E-state index < -0.39 is 34.2 Å². The van der Waals surface area contributed by atoms with Crippen LogP contribution in [0.15, 0.2) is 93.8 Å². The van der Waals surface area contributed by atoms with Gasteiger partial charge in [-0.2, -0.15) is 0 Å². The van der Waals surface area contributed by atoms with Crippen LogP contribution in [0.2, 0.25) is 0 Å². The summed E-state index contributed by atoms with van der Waals surface area (Å²) in [7, 11) is -3.40. The molecule has 0 radical (unpaired) electrons. The number of para-hydroxylation sites is 4. The highest BCUT2D eigenvalue weighted by molar-refractivity contribution is 7.91. The molecule has 3 atom stereocenters. The molecule has 12 heteroatoms. The Kier molecular flexibility index (Phi) is 7.92. The number of benzene rings is 3. The molecule has 8 nitrogen and oxygen atoms in total. The van der Waals surface area contributed by atoms with Gasteiger partial charge in [-0.1, -0.05) is 31.2 Å². The molecule has 0 fully saturated rings. The lowest BCUT2D eigenvalue weighted by Gasteiger charge is -2.40. The topological polar surface area (TPSA) is 92.6 Å².